The molecule has 2 heterocycles. The summed E-state index contributed by atoms with van der Waals surface area (Å²) < 4.78 is 10.6. The normalized spacial score (nSPS) is 14.3. The summed E-state index contributed by atoms with van der Waals surface area (Å²) in [6.07, 6.45) is 3.29. The molecule has 3 rings (SSSR count). The number of ether oxygens (including phenoxy) is 2. The summed E-state index contributed by atoms with van der Waals surface area (Å²) in [5, 5.41) is 3.34. The summed E-state index contributed by atoms with van der Waals surface area (Å²) in [4.78, 5) is 18.9. The lowest BCUT2D eigenvalue weighted by Crippen LogP contribution is -2.36. The maximum Gasteiger partial charge on any atom is 0.257 e. The number of hydrogen-bond donors (Lipinski definition) is 1. The molecule has 1 aliphatic heterocycles. The first-order valence-corrected chi connectivity index (χ1v) is 7.98. The molecule has 0 aliphatic carbocycles. The summed E-state index contributed by atoms with van der Waals surface area (Å²) in [5.41, 5.74) is 1.90. The molecule has 2 aromatic rings. The predicted molar refractivity (Wildman–Crippen MR) is 93.2 cm³/mol. The topological polar surface area (TPSA) is 63.7 Å². The number of methoxy groups -OCH3 is 1. The molecule has 1 fully saturated rings. The fourth-order valence-corrected chi connectivity index (χ4v) is 2.69. The van der Waals surface area contributed by atoms with E-state index < -0.39 is 0 Å². The average Bonchev–Trinajstić information content (AvgIpc) is 2.63. The fourth-order valence-electron chi connectivity index (χ4n) is 2.52. The monoisotopic (exact) mass is 347 g/mol. The van der Waals surface area contributed by atoms with Gasteiger partial charge in [-0.1, -0.05) is 11.6 Å². The molecule has 24 heavy (non-hydrogen) atoms. The first-order chi connectivity index (χ1) is 11.7. The number of pyridine rings is 1. The van der Waals surface area contributed by atoms with Gasteiger partial charge in [0.05, 0.1) is 43.5 Å². The van der Waals surface area contributed by atoms with Crippen molar-refractivity contribution in [3.05, 3.63) is 47.2 Å². The number of carbonyl (C=O) groups is 1. The Kier molecular flexibility index (Phi) is 5.17. The van der Waals surface area contributed by atoms with Gasteiger partial charge in [-0.15, -0.1) is 0 Å². The van der Waals surface area contributed by atoms with Crippen molar-refractivity contribution in [2.45, 2.75) is 0 Å². The van der Waals surface area contributed by atoms with Crippen LogP contribution in [0.15, 0.2) is 36.7 Å². The Morgan fingerprint density at radius 1 is 1.29 bits per heavy atom. The smallest absolute Gasteiger partial charge is 0.257 e. The van der Waals surface area contributed by atoms with Gasteiger partial charge in [0.1, 0.15) is 5.75 Å². The molecule has 1 amide bonds. The van der Waals surface area contributed by atoms with Crippen molar-refractivity contribution in [2.24, 2.45) is 0 Å². The van der Waals surface area contributed by atoms with Crippen molar-refractivity contribution >= 4 is 28.9 Å². The lowest BCUT2D eigenvalue weighted by Gasteiger charge is -2.28. The van der Waals surface area contributed by atoms with Gasteiger partial charge in [0.15, 0.2) is 0 Å². The van der Waals surface area contributed by atoms with Gasteiger partial charge in [-0.3, -0.25) is 9.78 Å². The van der Waals surface area contributed by atoms with Crippen LogP contribution < -0.4 is 15.0 Å². The van der Waals surface area contributed by atoms with Crippen LogP contribution in [0.4, 0.5) is 11.4 Å². The van der Waals surface area contributed by atoms with E-state index in [1.54, 1.807) is 31.5 Å². The molecule has 1 aliphatic rings. The highest BCUT2D eigenvalue weighted by molar-refractivity contribution is 6.31. The zero-order valence-electron chi connectivity index (χ0n) is 13.3. The van der Waals surface area contributed by atoms with E-state index in [2.05, 4.69) is 15.2 Å². The maximum atomic E-state index is 12.5. The molecule has 7 heteroatoms. The van der Waals surface area contributed by atoms with E-state index in [-0.39, 0.29) is 5.91 Å². The summed E-state index contributed by atoms with van der Waals surface area (Å²) >= 11 is 5.99. The molecule has 0 radical (unpaired) electrons. The number of anilines is 2. The Morgan fingerprint density at radius 2 is 2.08 bits per heavy atom. The first kappa shape index (κ1) is 16.5. The summed E-state index contributed by atoms with van der Waals surface area (Å²) in [7, 11) is 1.54. The molecule has 0 spiro atoms. The lowest BCUT2D eigenvalue weighted by atomic mass is 10.2. The molecule has 0 bridgehead atoms. The van der Waals surface area contributed by atoms with Crippen molar-refractivity contribution in [1.82, 2.24) is 4.98 Å². The SMILES string of the molecule is COc1ccc(Cl)cc1NC(=O)c1cncc(N2CCOCC2)c1. The molecule has 1 aromatic carbocycles. The van der Waals surface area contributed by atoms with E-state index in [0.29, 0.717) is 35.2 Å². The van der Waals surface area contributed by atoms with E-state index in [4.69, 9.17) is 21.1 Å². The molecular formula is C17H18ClN3O3. The average molecular weight is 348 g/mol. The van der Waals surface area contributed by atoms with Crippen LogP contribution in [-0.2, 0) is 4.74 Å². The third kappa shape index (κ3) is 3.77. The quantitative estimate of drug-likeness (QED) is 0.921. The van der Waals surface area contributed by atoms with E-state index in [1.807, 2.05) is 6.07 Å². The third-order valence-corrected chi connectivity index (χ3v) is 4.01. The zero-order valence-corrected chi connectivity index (χ0v) is 14.0. The standard InChI is InChI=1S/C17H18ClN3O3/c1-23-16-3-2-13(18)9-15(16)20-17(22)12-8-14(11-19-10-12)21-4-6-24-7-5-21/h2-3,8-11H,4-7H2,1H3,(H,20,22). The van der Waals surface area contributed by atoms with Crippen LogP contribution in [0.5, 0.6) is 5.75 Å². The first-order valence-electron chi connectivity index (χ1n) is 7.60. The number of carbonyl (C=O) groups excluding carboxylic acids is 1. The zero-order chi connectivity index (χ0) is 16.9. The van der Waals surface area contributed by atoms with Crippen LogP contribution in [0.1, 0.15) is 10.4 Å². The van der Waals surface area contributed by atoms with Crippen LogP contribution in [0.2, 0.25) is 5.02 Å². The number of halogens is 1. The molecule has 6 nitrogen and oxygen atoms in total. The Morgan fingerprint density at radius 3 is 2.83 bits per heavy atom. The highest BCUT2D eigenvalue weighted by atomic mass is 35.5. The van der Waals surface area contributed by atoms with Gasteiger partial charge in [-0.2, -0.15) is 0 Å². The summed E-state index contributed by atoms with van der Waals surface area (Å²) in [6, 6.07) is 6.89. The van der Waals surface area contributed by atoms with E-state index >= 15 is 0 Å². The van der Waals surface area contributed by atoms with Gasteiger partial charge in [0, 0.05) is 24.3 Å². The Balaban J connectivity index is 1.79. The second-order valence-corrected chi connectivity index (χ2v) is 5.77. The fraction of sp³-hybridized carbons (Fsp3) is 0.294. The van der Waals surface area contributed by atoms with Gasteiger partial charge in [0.25, 0.3) is 5.91 Å². The number of aromatic nitrogens is 1. The molecule has 0 atom stereocenters. The van der Waals surface area contributed by atoms with Crippen LogP contribution in [0, 0.1) is 0 Å². The minimum absolute atomic E-state index is 0.266. The van der Waals surface area contributed by atoms with E-state index in [1.165, 1.54) is 6.20 Å². The highest BCUT2D eigenvalue weighted by Gasteiger charge is 2.15. The lowest BCUT2D eigenvalue weighted by molar-refractivity contribution is 0.102. The Labute approximate surface area is 145 Å². The van der Waals surface area contributed by atoms with Gasteiger partial charge < -0.3 is 19.7 Å². The molecule has 1 saturated heterocycles. The van der Waals surface area contributed by atoms with Crippen molar-refractivity contribution in [2.75, 3.05) is 43.6 Å². The Bertz CT molecular complexity index is 733. The van der Waals surface area contributed by atoms with Crippen molar-refractivity contribution in [3.8, 4) is 5.75 Å². The van der Waals surface area contributed by atoms with Gasteiger partial charge in [0.2, 0.25) is 0 Å². The number of hydrogen-bond acceptors (Lipinski definition) is 5. The number of benzene rings is 1. The second-order valence-electron chi connectivity index (χ2n) is 5.33. The molecule has 0 saturated carbocycles. The number of rotatable bonds is 4. The van der Waals surface area contributed by atoms with Crippen molar-refractivity contribution in [3.63, 3.8) is 0 Å². The maximum absolute atomic E-state index is 12.5. The van der Waals surface area contributed by atoms with Crippen molar-refractivity contribution < 1.29 is 14.3 Å². The predicted octanol–water partition coefficient (Wildman–Crippen LogP) is 2.83. The van der Waals surface area contributed by atoms with Crippen molar-refractivity contribution in [1.29, 1.82) is 0 Å². The number of nitrogens with one attached hydrogen (secondary N) is 1. The van der Waals surface area contributed by atoms with Crippen LogP contribution in [0.25, 0.3) is 0 Å². The molecule has 1 aromatic heterocycles. The summed E-state index contributed by atoms with van der Waals surface area (Å²) in [6.45, 7) is 2.93. The minimum Gasteiger partial charge on any atom is -0.495 e. The molecular weight excluding hydrogens is 330 g/mol. The largest absolute Gasteiger partial charge is 0.495 e. The summed E-state index contributed by atoms with van der Waals surface area (Å²) in [5.74, 6) is 0.281. The van der Waals surface area contributed by atoms with Gasteiger partial charge >= 0.3 is 0 Å². The highest BCUT2D eigenvalue weighted by Crippen LogP contribution is 2.28. The molecule has 0 unspecified atom stereocenters. The van der Waals surface area contributed by atoms with Crippen LogP contribution >= 0.6 is 11.6 Å². The Hall–Kier alpha value is -2.31. The van der Waals surface area contributed by atoms with E-state index in [0.717, 1.165) is 18.8 Å². The van der Waals surface area contributed by atoms with Gasteiger partial charge in [-0.25, -0.2) is 0 Å². The third-order valence-electron chi connectivity index (χ3n) is 3.77. The molecule has 1 N–H and O–H groups in total. The second kappa shape index (κ2) is 7.51. The number of morpholine rings is 1. The van der Waals surface area contributed by atoms with Crippen LogP contribution in [0.3, 0.4) is 0 Å². The van der Waals surface area contributed by atoms with Gasteiger partial charge in [-0.05, 0) is 24.3 Å². The number of amides is 1. The minimum atomic E-state index is -0.266. The molecule has 126 valence electrons. The number of nitrogens with zero attached hydrogens (tertiary/aromatic N) is 2. The van der Waals surface area contributed by atoms with E-state index in [9.17, 15) is 4.79 Å². The van der Waals surface area contributed by atoms with Crippen LogP contribution in [-0.4, -0.2) is 44.3 Å².